The van der Waals surface area contributed by atoms with Crippen LogP contribution in [-0.4, -0.2) is 34.5 Å². The van der Waals surface area contributed by atoms with Crippen LogP contribution >= 0.6 is 0 Å². The second-order valence-corrected chi connectivity index (χ2v) is 3.56. The summed E-state index contributed by atoms with van der Waals surface area (Å²) in [4.78, 5) is 23.4. The molecule has 0 aliphatic rings. The summed E-state index contributed by atoms with van der Waals surface area (Å²) >= 11 is 0. The van der Waals surface area contributed by atoms with Gasteiger partial charge >= 0.3 is 5.97 Å². The number of hydrogen-bond donors (Lipinski definition) is 1. The lowest BCUT2D eigenvalue weighted by molar-refractivity contribution is -0.138. The Balaban J connectivity index is 4.11. The average Bonchev–Trinajstić information content (AvgIpc) is 2.11. The van der Waals surface area contributed by atoms with Crippen molar-refractivity contribution < 1.29 is 14.7 Å². The number of amides is 1. The van der Waals surface area contributed by atoms with E-state index in [-0.39, 0.29) is 24.8 Å². The van der Waals surface area contributed by atoms with Crippen molar-refractivity contribution in [3.63, 3.8) is 0 Å². The Labute approximate surface area is 90.3 Å². The van der Waals surface area contributed by atoms with E-state index in [0.29, 0.717) is 13.0 Å². The largest absolute Gasteiger partial charge is 0.481 e. The first kappa shape index (κ1) is 13.5. The number of nitrogens with zero attached hydrogens (tertiary/aromatic N) is 1. The van der Waals surface area contributed by atoms with Gasteiger partial charge in [-0.3, -0.25) is 9.59 Å². The van der Waals surface area contributed by atoms with Gasteiger partial charge in [0.1, 0.15) is 0 Å². The van der Waals surface area contributed by atoms with Crippen molar-refractivity contribution in [3.8, 4) is 12.3 Å². The van der Waals surface area contributed by atoms with E-state index < -0.39 is 5.97 Å². The Hall–Kier alpha value is -1.50. The molecule has 4 heteroatoms. The average molecular weight is 211 g/mol. The molecular weight excluding hydrogens is 194 g/mol. The molecule has 0 saturated heterocycles. The predicted octanol–water partition coefficient (Wildman–Crippen LogP) is 1.11. The molecule has 0 spiro atoms. The van der Waals surface area contributed by atoms with Gasteiger partial charge in [-0.2, -0.15) is 0 Å². The Morgan fingerprint density at radius 2 is 2.07 bits per heavy atom. The number of carboxylic acid groups (broad SMARTS) is 1. The van der Waals surface area contributed by atoms with E-state index in [0.717, 1.165) is 0 Å². The second-order valence-electron chi connectivity index (χ2n) is 3.56. The molecule has 0 aromatic heterocycles. The quantitative estimate of drug-likeness (QED) is 0.669. The van der Waals surface area contributed by atoms with E-state index in [1.807, 2.05) is 13.8 Å². The lowest BCUT2D eigenvalue weighted by Crippen LogP contribution is -2.37. The summed E-state index contributed by atoms with van der Waals surface area (Å²) in [6.45, 7) is 4.22. The van der Waals surface area contributed by atoms with Crippen LogP contribution < -0.4 is 0 Å². The fourth-order valence-electron chi connectivity index (χ4n) is 1.26. The van der Waals surface area contributed by atoms with Crippen LogP contribution in [0.3, 0.4) is 0 Å². The fourth-order valence-corrected chi connectivity index (χ4v) is 1.26. The van der Waals surface area contributed by atoms with Crippen LogP contribution in [-0.2, 0) is 9.59 Å². The Morgan fingerprint density at radius 3 is 2.47 bits per heavy atom. The van der Waals surface area contributed by atoms with Gasteiger partial charge in [0.2, 0.25) is 5.91 Å². The number of rotatable bonds is 6. The van der Waals surface area contributed by atoms with Crippen molar-refractivity contribution in [2.75, 3.05) is 6.54 Å². The van der Waals surface area contributed by atoms with Gasteiger partial charge in [-0.1, -0.05) is 5.92 Å². The molecule has 0 bridgehead atoms. The van der Waals surface area contributed by atoms with Gasteiger partial charge in [-0.15, -0.1) is 6.42 Å². The molecule has 0 aliphatic heterocycles. The number of aliphatic carboxylic acids is 1. The minimum Gasteiger partial charge on any atom is -0.481 e. The third-order valence-electron chi connectivity index (χ3n) is 1.99. The lowest BCUT2D eigenvalue weighted by atomic mass is 10.2. The summed E-state index contributed by atoms with van der Waals surface area (Å²) in [6.07, 6.45) is 5.67. The van der Waals surface area contributed by atoms with E-state index >= 15 is 0 Å². The molecule has 84 valence electrons. The highest BCUT2D eigenvalue weighted by Gasteiger charge is 2.15. The summed E-state index contributed by atoms with van der Waals surface area (Å²) in [6, 6.07) is 0.0552. The molecule has 0 saturated carbocycles. The van der Waals surface area contributed by atoms with E-state index in [2.05, 4.69) is 5.92 Å². The van der Waals surface area contributed by atoms with Gasteiger partial charge in [-0.05, 0) is 20.3 Å². The molecule has 0 atom stereocenters. The monoisotopic (exact) mass is 211 g/mol. The van der Waals surface area contributed by atoms with Crippen LogP contribution in [0.15, 0.2) is 0 Å². The topological polar surface area (TPSA) is 57.6 Å². The van der Waals surface area contributed by atoms with Crippen LogP contribution in [0.5, 0.6) is 0 Å². The number of carbonyl (C=O) groups excluding carboxylic acids is 1. The summed E-state index contributed by atoms with van der Waals surface area (Å²) in [5.74, 6) is 1.34. The highest BCUT2D eigenvalue weighted by Crippen LogP contribution is 2.04. The van der Waals surface area contributed by atoms with Crippen molar-refractivity contribution >= 4 is 11.9 Å². The third kappa shape index (κ3) is 5.74. The summed E-state index contributed by atoms with van der Waals surface area (Å²) in [7, 11) is 0. The van der Waals surface area contributed by atoms with Crippen LogP contribution in [0.4, 0.5) is 0 Å². The first-order valence-corrected chi connectivity index (χ1v) is 4.93. The fraction of sp³-hybridized carbons (Fsp3) is 0.636. The van der Waals surface area contributed by atoms with Gasteiger partial charge in [-0.25, -0.2) is 0 Å². The lowest BCUT2D eigenvalue weighted by Gasteiger charge is -2.25. The van der Waals surface area contributed by atoms with E-state index in [4.69, 9.17) is 11.5 Å². The van der Waals surface area contributed by atoms with E-state index in [1.54, 1.807) is 4.90 Å². The molecule has 0 fully saturated rings. The summed E-state index contributed by atoms with van der Waals surface area (Å²) < 4.78 is 0. The highest BCUT2D eigenvalue weighted by molar-refractivity contribution is 5.78. The molecule has 0 aromatic carbocycles. The normalized spacial score (nSPS) is 9.73. The van der Waals surface area contributed by atoms with Gasteiger partial charge < -0.3 is 10.0 Å². The van der Waals surface area contributed by atoms with Crippen LogP contribution in [0.1, 0.15) is 33.1 Å². The molecule has 1 amide bonds. The number of carboxylic acids is 1. The Kier molecular flexibility index (Phi) is 6.19. The zero-order valence-corrected chi connectivity index (χ0v) is 9.19. The van der Waals surface area contributed by atoms with Crippen molar-refractivity contribution in [2.24, 2.45) is 0 Å². The molecule has 0 aromatic rings. The van der Waals surface area contributed by atoms with Crippen molar-refractivity contribution in [1.29, 1.82) is 0 Å². The Bertz CT molecular complexity index is 265. The Morgan fingerprint density at radius 1 is 1.47 bits per heavy atom. The van der Waals surface area contributed by atoms with Crippen molar-refractivity contribution in [2.45, 2.75) is 39.2 Å². The molecule has 0 heterocycles. The van der Waals surface area contributed by atoms with E-state index in [1.165, 1.54) is 0 Å². The zero-order chi connectivity index (χ0) is 11.8. The third-order valence-corrected chi connectivity index (χ3v) is 1.99. The first-order chi connectivity index (χ1) is 6.99. The smallest absolute Gasteiger partial charge is 0.303 e. The number of hydrogen-bond acceptors (Lipinski definition) is 2. The molecule has 1 N–H and O–H groups in total. The van der Waals surface area contributed by atoms with Crippen LogP contribution in [0, 0.1) is 12.3 Å². The van der Waals surface area contributed by atoms with Gasteiger partial charge in [0.25, 0.3) is 0 Å². The molecular formula is C11H17NO3. The highest BCUT2D eigenvalue weighted by atomic mass is 16.4. The summed E-state index contributed by atoms with van der Waals surface area (Å²) in [5.41, 5.74) is 0. The summed E-state index contributed by atoms with van der Waals surface area (Å²) in [5, 5.41) is 8.47. The number of terminal acetylenes is 1. The predicted molar refractivity (Wildman–Crippen MR) is 57.2 cm³/mol. The zero-order valence-electron chi connectivity index (χ0n) is 9.19. The van der Waals surface area contributed by atoms with Crippen molar-refractivity contribution in [1.82, 2.24) is 4.90 Å². The maximum absolute atomic E-state index is 11.5. The molecule has 0 radical (unpaired) electrons. The maximum Gasteiger partial charge on any atom is 0.303 e. The SMILES string of the molecule is C#CCC(=O)N(CCCC(=O)O)C(C)C. The maximum atomic E-state index is 11.5. The van der Waals surface area contributed by atoms with Crippen LogP contribution in [0.25, 0.3) is 0 Å². The van der Waals surface area contributed by atoms with Crippen molar-refractivity contribution in [3.05, 3.63) is 0 Å². The standard InChI is InChI=1S/C11H17NO3/c1-4-6-10(13)12(9(2)3)8-5-7-11(14)15/h1,9H,5-8H2,2-3H3,(H,14,15). The molecule has 15 heavy (non-hydrogen) atoms. The minimum atomic E-state index is -0.844. The molecule has 4 nitrogen and oxygen atoms in total. The molecule has 0 rings (SSSR count). The second kappa shape index (κ2) is 6.88. The van der Waals surface area contributed by atoms with Gasteiger partial charge in [0.15, 0.2) is 0 Å². The minimum absolute atomic E-state index is 0.0552. The van der Waals surface area contributed by atoms with Crippen LogP contribution in [0.2, 0.25) is 0 Å². The molecule has 0 aliphatic carbocycles. The van der Waals surface area contributed by atoms with Gasteiger partial charge in [0.05, 0.1) is 6.42 Å². The number of carbonyl (C=O) groups is 2. The first-order valence-electron chi connectivity index (χ1n) is 4.93. The van der Waals surface area contributed by atoms with Gasteiger partial charge in [0, 0.05) is 19.0 Å². The molecule has 0 unspecified atom stereocenters. The van der Waals surface area contributed by atoms with E-state index in [9.17, 15) is 9.59 Å².